The Bertz CT molecular complexity index is 1210. The van der Waals surface area contributed by atoms with E-state index < -0.39 is 29.6 Å². The number of hydrogen-bond donors (Lipinski definition) is 4. The maximum absolute atomic E-state index is 10.2. The van der Waals surface area contributed by atoms with Crippen molar-refractivity contribution < 1.29 is 49.0 Å². The molecule has 0 radical (unpaired) electrons. The standard InChI is InChI=1S/C27H38N2O4.C4H6O6/c1-20(2)27(19-28,22-10-12-24(31-5)26(18-22)33-7)14-8-15-29(3)16-13-21-9-11-23(30-4)25(17-21)32-6;5-1(3(7)8)2(6)4(9)10/h9-12,17-18,20H,8,13-16H2,1-7H3;1-2,5-6H,(H,7,8)(H,9,10)/t27-;/m1./s1. The van der Waals surface area contributed by atoms with Crippen LogP contribution in [0.4, 0.5) is 0 Å². The van der Waals surface area contributed by atoms with Crippen LogP contribution in [0.2, 0.25) is 0 Å². The summed E-state index contributed by atoms with van der Waals surface area (Å²) in [5.41, 5.74) is 1.60. The Morgan fingerprint density at radius 3 is 1.77 bits per heavy atom. The van der Waals surface area contributed by atoms with Gasteiger partial charge in [0.25, 0.3) is 0 Å². The average molecular weight is 605 g/mol. The van der Waals surface area contributed by atoms with E-state index in [9.17, 15) is 14.9 Å². The Labute approximate surface area is 253 Å². The summed E-state index contributed by atoms with van der Waals surface area (Å²) in [6.45, 7) is 6.06. The molecule has 2 aromatic carbocycles. The van der Waals surface area contributed by atoms with Crippen molar-refractivity contribution in [2.75, 3.05) is 48.6 Å². The van der Waals surface area contributed by atoms with E-state index in [4.69, 9.17) is 39.4 Å². The summed E-state index contributed by atoms with van der Waals surface area (Å²) in [6, 6.07) is 14.5. The van der Waals surface area contributed by atoms with Crippen LogP contribution in [0.25, 0.3) is 0 Å². The Balaban J connectivity index is 0.000000790. The van der Waals surface area contributed by atoms with E-state index in [1.165, 1.54) is 5.56 Å². The van der Waals surface area contributed by atoms with Gasteiger partial charge in [0, 0.05) is 6.54 Å². The van der Waals surface area contributed by atoms with Crippen molar-refractivity contribution in [3.63, 3.8) is 0 Å². The number of carboxylic acid groups (broad SMARTS) is 2. The second kappa shape index (κ2) is 17.8. The molecule has 43 heavy (non-hydrogen) atoms. The fourth-order valence-electron chi connectivity index (χ4n) is 4.50. The maximum Gasteiger partial charge on any atom is 0.335 e. The summed E-state index contributed by atoms with van der Waals surface area (Å²) >= 11 is 0. The summed E-state index contributed by atoms with van der Waals surface area (Å²) in [7, 11) is 8.67. The predicted octanol–water partition coefficient (Wildman–Crippen LogP) is 2.97. The third-order valence-electron chi connectivity index (χ3n) is 7.23. The molecule has 3 atom stereocenters. The molecule has 0 heterocycles. The van der Waals surface area contributed by atoms with Gasteiger partial charge in [-0.1, -0.05) is 26.0 Å². The van der Waals surface area contributed by atoms with Crippen molar-refractivity contribution in [2.24, 2.45) is 5.92 Å². The number of likely N-dealkylation sites (N-methyl/N-ethyl adjacent to an activating group) is 1. The Morgan fingerprint density at radius 2 is 1.33 bits per heavy atom. The van der Waals surface area contributed by atoms with Crippen LogP contribution in [0.15, 0.2) is 36.4 Å². The fourth-order valence-corrected chi connectivity index (χ4v) is 4.50. The van der Waals surface area contributed by atoms with E-state index >= 15 is 0 Å². The SMILES string of the molecule is COc1ccc(CCN(C)CCC[C@](C#N)(c2ccc(OC)c(OC)c2)C(C)C)cc1OC.O=C(O)C(O)C(O)C(=O)O. The van der Waals surface area contributed by atoms with Gasteiger partial charge in [-0.05, 0) is 74.2 Å². The molecule has 2 aromatic rings. The molecule has 0 aliphatic heterocycles. The molecule has 12 nitrogen and oxygen atoms in total. The summed E-state index contributed by atoms with van der Waals surface area (Å²) < 4.78 is 21.6. The van der Waals surface area contributed by atoms with E-state index in [-0.39, 0.29) is 5.92 Å². The molecule has 12 heteroatoms. The molecule has 0 aliphatic rings. The van der Waals surface area contributed by atoms with E-state index in [2.05, 4.69) is 37.9 Å². The minimum Gasteiger partial charge on any atom is -0.493 e. The van der Waals surface area contributed by atoms with Gasteiger partial charge in [0.2, 0.25) is 0 Å². The van der Waals surface area contributed by atoms with Gasteiger partial charge in [0.05, 0.1) is 39.9 Å². The Kier molecular flexibility index (Phi) is 15.3. The number of nitriles is 1. The first-order valence-electron chi connectivity index (χ1n) is 13.7. The molecular weight excluding hydrogens is 560 g/mol. The predicted molar refractivity (Wildman–Crippen MR) is 159 cm³/mol. The second-order valence-electron chi connectivity index (χ2n) is 10.2. The summed E-state index contributed by atoms with van der Waals surface area (Å²) in [5, 5.41) is 42.8. The zero-order chi connectivity index (χ0) is 32.7. The number of carboxylic acids is 2. The molecule has 0 spiro atoms. The molecule has 0 saturated heterocycles. The molecule has 0 fully saturated rings. The van der Waals surface area contributed by atoms with E-state index in [0.29, 0.717) is 11.5 Å². The van der Waals surface area contributed by atoms with Gasteiger partial charge in [0.15, 0.2) is 35.2 Å². The van der Waals surface area contributed by atoms with E-state index in [0.717, 1.165) is 49.4 Å². The van der Waals surface area contributed by atoms with Gasteiger partial charge < -0.3 is 44.3 Å². The number of aliphatic hydroxyl groups is 2. The van der Waals surface area contributed by atoms with Gasteiger partial charge >= 0.3 is 11.9 Å². The van der Waals surface area contributed by atoms with Crippen LogP contribution in [0.3, 0.4) is 0 Å². The number of rotatable bonds is 16. The van der Waals surface area contributed by atoms with Crippen molar-refractivity contribution in [2.45, 2.75) is 50.7 Å². The van der Waals surface area contributed by atoms with Crippen molar-refractivity contribution in [1.82, 2.24) is 4.90 Å². The topological polar surface area (TPSA) is 179 Å². The van der Waals surface area contributed by atoms with E-state index in [1.807, 2.05) is 30.3 Å². The third-order valence-corrected chi connectivity index (χ3v) is 7.23. The highest BCUT2D eigenvalue weighted by atomic mass is 16.5. The first-order chi connectivity index (χ1) is 20.3. The van der Waals surface area contributed by atoms with Gasteiger partial charge in [-0.15, -0.1) is 0 Å². The molecule has 0 aromatic heterocycles. The minimum absolute atomic E-state index is 0.165. The first kappa shape index (κ1) is 37.0. The lowest BCUT2D eigenvalue weighted by Gasteiger charge is -2.32. The lowest BCUT2D eigenvalue weighted by molar-refractivity contribution is -0.165. The number of carbonyl (C=O) groups is 2. The molecule has 2 rings (SSSR count). The lowest BCUT2D eigenvalue weighted by Crippen LogP contribution is -2.39. The maximum atomic E-state index is 10.2. The second-order valence-corrected chi connectivity index (χ2v) is 10.2. The minimum atomic E-state index is -2.27. The van der Waals surface area contributed by atoms with Crippen LogP contribution >= 0.6 is 0 Å². The number of hydrogen-bond acceptors (Lipinski definition) is 10. The largest absolute Gasteiger partial charge is 0.493 e. The number of aliphatic hydroxyl groups excluding tert-OH is 2. The number of aliphatic carboxylic acids is 2. The van der Waals surface area contributed by atoms with Crippen molar-refractivity contribution in [3.05, 3.63) is 47.5 Å². The average Bonchev–Trinajstić information content (AvgIpc) is 3.00. The highest BCUT2D eigenvalue weighted by Crippen LogP contribution is 2.40. The Morgan fingerprint density at radius 1 is 0.837 bits per heavy atom. The van der Waals surface area contributed by atoms with Crippen molar-refractivity contribution >= 4 is 11.9 Å². The van der Waals surface area contributed by atoms with Crippen LogP contribution in [0, 0.1) is 17.2 Å². The van der Waals surface area contributed by atoms with Crippen LogP contribution in [-0.2, 0) is 21.4 Å². The van der Waals surface area contributed by atoms with Crippen LogP contribution in [-0.4, -0.2) is 98.0 Å². The number of nitrogens with zero attached hydrogens (tertiary/aromatic N) is 2. The zero-order valence-corrected chi connectivity index (χ0v) is 25.9. The smallest absolute Gasteiger partial charge is 0.335 e. The molecule has 2 unspecified atom stereocenters. The quantitative estimate of drug-likeness (QED) is 0.220. The molecule has 0 saturated carbocycles. The molecule has 0 bridgehead atoms. The van der Waals surface area contributed by atoms with Crippen LogP contribution in [0.5, 0.6) is 23.0 Å². The van der Waals surface area contributed by atoms with Gasteiger partial charge in [-0.2, -0.15) is 5.26 Å². The monoisotopic (exact) mass is 604 g/mol. The number of benzene rings is 2. The number of methoxy groups -OCH3 is 4. The normalized spacial score (nSPS) is 13.5. The summed E-state index contributed by atoms with van der Waals surface area (Å²) in [6.07, 6.45) is -1.92. The van der Waals surface area contributed by atoms with Crippen molar-refractivity contribution in [1.29, 1.82) is 5.26 Å². The third kappa shape index (κ3) is 10.3. The zero-order valence-electron chi connectivity index (χ0n) is 25.9. The lowest BCUT2D eigenvalue weighted by atomic mass is 9.69. The highest BCUT2D eigenvalue weighted by molar-refractivity contribution is 5.83. The fraction of sp³-hybridized carbons (Fsp3) is 0.516. The van der Waals surface area contributed by atoms with Gasteiger partial charge in [-0.3, -0.25) is 0 Å². The first-order valence-corrected chi connectivity index (χ1v) is 13.7. The summed E-state index contributed by atoms with van der Waals surface area (Å²) in [5.74, 6) is -0.550. The van der Waals surface area contributed by atoms with Crippen LogP contribution < -0.4 is 18.9 Å². The molecular formula is C31H44N2O10. The molecule has 4 N–H and O–H groups in total. The number of ether oxygens (including phenoxy) is 4. The Hall–Kier alpha value is -4.05. The van der Waals surface area contributed by atoms with E-state index in [1.54, 1.807) is 28.4 Å². The van der Waals surface area contributed by atoms with Crippen LogP contribution in [0.1, 0.15) is 37.8 Å². The molecule has 238 valence electrons. The molecule has 0 amide bonds. The van der Waals surface area contributed by atoms with Crippen molar-refractivity contribution in [3.8, 4) is 29.1 Å². The van der Waals surface area contributed by atoms with Gasteiger partial charge in [-0.25, -0.2) is 9.59 Å². The summed E-state index contributed by atoms with van der Waals surface area (Å²) in [4.78, 5) is 21.9. The molecule has 0 aliphatic carbocycles. The highest BCUT2D eigenvalue weighted by Gasteiger charge is 2.36. The van der Waals surface area contributed by atoms with Gasteiger partial charge in [0.1, 0.15) is 0 Å².